The van der Waals surface area contributed by atoms with Gasteiger partial charge in [-0.2, -0.15) is 0 Å². The zero-order valence-corrected chi connectivity index (χ0v) is 7.76. The molecule has 0 aromatic heterocycles. The first-order valence-corrected chi connectivity index (χ1v) is 4.43. The Bertz CT molecular complexity index is 341. The molecule has 0 aliphatic carbocycles. The molecule has 2 nitrogen and oxygen atoms in total. The molecule has 2 rings (SSSR count). The zero-order chi connectivity index (χ0) is 10.1. The van der Waals surface area contributed by atoms with E-state index >= 15 is 0 Å². The number of methoxy groups -OCH3 is 1. The number of anilines is 1. The van der Waals surface area contributed by atoms with Gasteiger partial charge in [-0.1, -0.05) is 12.1 Å². The van der Waals surface area contributed by atoms with Crippen LogP contribution in [0.2, 0.25) is 0 Å². The summed E-state index contributed by atoms with van der Waals surface area (Å²) in [6.07, 6.45) is -1.98. The fourth-order valence-electron chi connectivity index (χ4n) is 1.71. The number of ether oxygens (including phenoxy) is 1. The van der Waals surface area contributed by atoms with Gasteiger partial charge in [0.1, 0.15) is 5.75 Å². The third-order valence-electron chi connectivity index (χ3n) is 2.41. The van der Waals surface area contributed by atoms with Crippen molar-refractivity contribution in [1.82, 2.24) is 0 Å². The fraction of sp³-hybridized carbons (Fsp3) is 0.400. The van der Waals surface area contributed by atoms with Crippen molar-refractivity contribution in [3.63, 3.8) is 0 Å². The Labute approximate surface area is 80.9 Å². The van der Waals surface area contributed by atoms with Crippen LogP contribution in [0.1, 0.15) is 5.56 Å². The fourth-order valence-corrected chi connectivity index (χ4v) is 1.71. The van der Waals surface area contributed by atoms with Crippen LogP contribution in [-0.4, -0.2) is 19.6 Å². The van der Waals surface area contributed by atoms with Crippen molar-refractivity contribution in [2.75, 3.05) is 12.4 Å². The van der Waals surface area contributed by atoms with Gasteiger partial charge in [-0.25, -0.2) is 8.78 Å². The SMILES string of the molecule is COc1cccc2c1NC(C(F)F)C2. The predicted molar refractivity (Wildman–Crippen MR) is 50.1 cm³/mol. The van der Waals surface area contributed by atoms with Crippen LogP contribution in [0.4, 0.5) is 14.5 Å². The van der Waals surface area contributed by atoms with Crippen LogP contribution in [-0.2, 0) is 6.42 Å². The number of rotatable bonds is 2. The Morgan fingerprint density at radius 2 is 2.29 bits per heavy atom. The van der Waals surface area contributed by atoms with Crippen LogP contribution in [0.3, 0.4) is 0 Å². The maximum absolute atomic E-state index is 12.4. The van der Waals surface area contributed by atoms with Gasteiger partial charge in [-0.15, -0.1) is 0 Å². The number of para-hydroxylation sites is 1. The molecule has 0 spiro atoms. The van der Waals surface area contributed by atoms with E-state index in [2.05, 4.69) is 5.32 Å². The minimum atomic E-state index is -2.34. The van der Waals surface area contributed by atoms with Crippen LogP contribution in [0.15, 0.2) is 18.2 Å². The molecule has 1 N–H and O–H groups in total. The first kappa shape index (κ1) is 9.24. The van der Waals surface area contributed by atoms with Crippen LogP contribution in [0, 0.1) is 0 Å². The molecular formula is C10H11F2NO. The van der Waals surface area contributed by atoms with E-state index in [1.54, 1.807) is 6.07 Å². The van der Waals surface area contributed by atoms with Crippen molar-refractivity contribution < 1.29 is 13.5 Å². The number of nitrogens with one attached hydrogen (secondary N) is 1. The van der Waals surface area contributed by atoms with Crippen molar-refractivity contribution >= 4 is 5.69 Å². The molecule has 0 amide bonds. The molecule has 1 aromatic rings. The van der Waals surface area contributed by atoms with Gasteiger partial charge < -0.3 is 10.1 Å². The number of hydrogen-bond acceptors (Lipinski definition) is 2. The smallest absolute Gasteiger partial charge is 0.258 e. The number of fused-ring (bicyclic) bond motifs is 1. The Morgan fingerprint density at radius 1 is 1.50 bits per heavy atom. The third kappa shape index (κ3) is 1.41. The van der Waals surface area contributed by atoms with Crippen molar-refractivity contribution in [2.45, 2.75) is 18.9 Å². The Morgan fingerprint density at radius 3 is 2.93 bits per heavy atom. The van der Waals surface area contributed by atoms with Gasteiger partial charge in [-0.3, -0.25) is 0 Å². The summed E-state index contributed by atoms with van der Waals surface area (Å²) in [5.41, 5.74) is 1.61. The summed E-state index contributed by atoms with van der Waals surface area (Å²) in [6, 6.07) is 4.64. The highest BCUT2D eigenvalue weighted by Crippen LogP contribution is 2.35. The van der Waals surface area contributed by atoms with Gasteiger partial charge in [-0.05, 0) is 11.6 Å². The lowest BCUT2D eigenvalue weighted by molar-refractivity contribution is 0.126. The van der Waals surface area contributed by atoms with E-state index in [1.807, 2.05) is 12.1 Å². The van der Waals surface area contributed by atoms with Crippen molar-refractivity contribution in [2.24, 2.45) is 0 Å². The van der Waals surface area contributed by atoms with E-state index < -0.39 is 12.5 Å². The first-order chi connectivity index (χ1) is 6.72. The number of halogens is 2. The summed E-state index contributed by atoms with van der Waals surface area (Å²) in [5.74, 6) is 0.630. The van der Waals surface area contributed by atoms with Gasteiger partial charge in [0.2, 0.25) is 0 Å². The second-order valence-corrected chi connectivity index (χ2v) is 3.28. The van der Waals surface area contributed by atoms with Crippen molar-refractivity contribution in [1.29, 1.82) is 0 Å². The van der Waals surface area contributed by atoms with Crippen LogP contribution in [0.25, 0.3) is 0 Å². The monoisotopic (exact) mass is 199 g/mol. The van der Waals surface area contributed by atoms with Gasteiger partial charge >= 0.3 is 0 Å². The normalized spacial score (nSPS) is 19.3. The molecule has 1 aliphatic heterocycles. The highest BCUT2D eigenvalue weighted by atomic mass is 19.3. The van der Waals surface area contributed by atoms with Crippen LogP contribution >= 0.6 is 0 Å². The van der Waals surface area contributed by atoms with Gasteiger partial charge in [0.05, 0.1) is 18.8 Å². The molecular weight excluding hydrogens is 188 g/mol. The number of benzene rings is 1. The maximum atomic E-state index is 12.4. The second-order valence-electron chi connectivity index (χ2n) is 3.28. The lowest BCUT2D eigenvalue weighted by Gasteiger charge is -2.10. The molecule has 1 heterocycles. The topological polar surface area (TPSA) is 21.3 Å². The summed E-state index contributed by atoms with van der Waals surface area (Å²) < 4.78 is 30.0. The van der Waals surface area contributed by atoms with Crippen LogP contribution in [0.5, 0.6) is 5.75 Å². The Kier molecular flexibility index (Phi) is 2.27. The molecule has 0 bridgehead atoms. The van der Waals surface area contributed by atoms with Crippen molar-refractivity contribution in [3.8, 4) is 5.75 Å². The minimum Gasteiger partial charge on any atom is -0.495 e. The minimum absolute atomic E-state index is 0.365. The van der Waals surface area contributed by atoms with E-state index in [0.717, 1.165) is 5.56 Å². The Hall–Kier alpha value is -1.32. The van der Waals surface area contributed by atoms with Gasteiger partial charge in [0, 0.05) is 6.42 Å². The third-order valence-corrected chi connectivity index (χ3v) is 2.41. The summed E-state index contributed by atoms with van der Waals surface area (Å²) >= 11 is 0. The van der Waals surface area contributed by atoms with Crippen LogP contribution < -0.4 is 10.1 Å². The number of hydrogen-bond donors (Lipinski definition) is 1. The molecule has 1 unspecified atom stereocenters. The molecule has 4 heteroatoms. The summed E-state index contributed by atoms with van der Waals surface area (Å²) in [7, 11) is 1.53. The largest absolute Gasteiger partial charge is 0.495 e. The van der Waals surface area contributed by atoms with E-state index in [9.17, 15) is 8.78 Å². The predicted octanol–water partition coefficient (Wildman–Crippen LogP) is 2.30. The molecule has 0 radical (unpaired) electrons. The quantitative estimate of drug-likeness (QED) is 0.789. The highest BCUT2D eigenvalue weighted by molar-refractivity contribution is 5.66. The zero-order valence-electron chi connectivity index (χ0n) is 7.76. The van der Waals surface area contributed by atoms with Gasteiger partial charge in [0.25, 0.3) is 6.43 Å². The molecule has 14 heavy (non-hydrogen) atoms. The molecule has 76 valence electrons. The summed E-state index contributed by atoms with van der Waals surface area (Å²) in [6.45, 7) is 0. The van der Waals surface area contributed by atoms with Crippen molar-refractivity contribution in [3.05, 3.63) is 23.8 Å². The molecule has 1 aromatic carbocycles. The van der Waals surface area contributed by atoms with E-state index in [0.29, 0.717) is 17.9 Å². The maximum Gasteiger partial charge on any atom is 0.258 e. The van der Waals surface area contributed by atoms with Gasteiger partial charge in [0.15, 0.2) is 0 Å². The first-order valence-electron chi connectivity index (χ1n) is 4.43. The standard InChI is InChI=1S/C10H11F2NO/c1-14-8-4-2-3-6-5-7(10(11)12)13-9(6)8/h2-4,7,10,13H,5H2,1H3. The average Bonchev–Trinajstić information content (AvgIpc) is 2.60. The molecule has 1 atom stereocenters. The van der Waals surface area contributed by atoms with E-state index in [4.69, 9.17) is 4.74 Å². The lowest BCUT2D eigenvalue weighted by atomic mass is 10.1. The summed E-state index contributed by atoms with van der Waals surface area (Å²) in [5, 5.41) is 2.78. The Balaban J connectivity index is 2.30. The molecule has 0 saturated heterocycles. The molecule has 0 saturated carbocycles. The molecule has 1 aliphatic rings. The second kappa shape index (κ2) is 3.44. The average molecular weight is 199 g/mol. The highest BCUT2D eigenvalue weighted by Gasteiger charge is 2.29. The lowest BCUT2D eigenvalue weighted by Crippen LogP contribution is -2.24. The van der Waals surface area contributed by atoms with E-state index in [-0.39, 0.29) is 0 Å². The van der Waals surface area contributed by atoms with E-state index in [1.165, 1.54) is 7.11 Å². The summed E-state index contributed by atoms with van der Waals surface area (Å²) in [4.78, 5) is 0. The number of alkyl halides is 2. The molecule has 0 fully saturated rings.